The Morgan fingerprint density at radius 3 is 2.35 bits per heavy atom. The first kappa shape index (κ1) is 23.9. The van der Waals surface area contributed by atoms with Gasteiger partial charge in [-0.25, -0.2) is 9.59 Å². The third kappa shape index (κ3) is 4.09. The van der Waals surface area contributed by atoms with Crippen LogP contribution in [0.3, 0.4) is 0 Å². The fourth-order valence-electron chi connectivity index (χ4n) is 6.74. The number of hydrogen-bond donors (Lipinski definition) is 1. The summed E-state index contributed by atoms with van der Waals surface area (Å²) in [4.78, 5) is 28.7. The fraction of sp³-hybridized carbons (Fsp3) is 0.840. The monoisotopic (exact) mass is 477 g/mol. The Morgan fingerprint density at radius 1 is 1.15 bits per heavy atom. The minimum Gasteiger partial charge on any atom is -0.443 e. The Balaban J connectivity index is 1.22. The Kier molecular flexibility index (Phi) is 6.09. The normalized spacial score (nSPS) is 42.4. The number of amides is 3. The van der Waals surface area contributed by atoms with Gasteiger partial charge in [0.2, 0.25) is 0 Å². The lowest BCUT2D eigenvalue weighted by molar-refractivity contribution is -0.121. The smallest absolute Gasteiger partial charge is 0.410 e. The van der Waals surface area contributed by atoms with Gasteiger partial charge in [-0.15, -0.1) is 0 Å². The number of fused-ring (bicyclic) bond motifs is 1. The predicted octanol–water partition coefficient (Wildman–Crippen LogP) is 2.40. The number of likely N-dealkylation sites (tertiary alicyclic amines) is 2. The van der Waals surface area contributed by atoms with Gasteiger partial charge in [0.1, 0.15) is 23.4 Å². The Morgan fingerprint density at radius 2 is 1.79 bits per heavy atom. The molecule has 0 radical (unpaired) electrons. The van der Waals surface area contributed by atoms with E-state index in [-0.39, 0.29) is 47.6 Å². The number of carbonyl (C=O) groups excluding carboxylic acids is 2. The minimum atomic E-state index is -0.345. The summed E-state index contributed by atoms with van der Waals surface area (Å²) in [6, 6.07) is -0.0467. The van der Waals surface area contributed by atoms with E-state index in [1.54, 1.807) is 14.2 Å². The van der Waals surface area contributed by atoms with Gasteiger partial charge in [0.25, 0.3) is 0 Å². The second kappa shape index (κ2) is 8.68. The molecule has 5 fully saturated rings. The van der Waals surface area contributed by atoms with E-state index in [4.69, 9.17) is 18.9 Å². The molecular weight excluding hydrogens is 438 g/mol. The average Bonchev–Trinajstić information content (AvgIpc) is 3.60. The maximum atomic E-state index is 13.2. The van der Waals surface area contributed by atoms with Crippen LogP contribution in [-0.4, -0.2) is 98.4 Å². The highest BCUT2D eigenvalue weighted by molar-refractivity contribution is 5.74. The quantitative estimate of drug-likeness (QED) is 0.483. The molecule has 4 aliphatic heterocycles. The first-order valence-corrected chi connectivity index (χ1v) is 12.6. The lowest BCUT2D eigenvalue weighted by atomic mass is 9.68. The van der Waals surface area contributed by atoms with Crippen LogP contribution in [0.2, 0.25) is 0 Å². The summed E-state index contributed by atoms with van der Waals surface area (Å²) >= 11 is 0. The van der Waals surface area contributed by atoms with E-state index in [2.05, 4.69) is 32.2 Å². The number of nitrogens with zero attached hydrogens (tertiary/aromatic N) is 2. The van der Waals surface area contributed by atoms with Crippen LogP contribution < -0.4 is 5.32 Å². The maximum absolute atomic E-state index is 13.2. The number of nitrogens with one attached hydrogen (secondary N) is 1. The molecule has 34 heavy (non-hydrogen) atoms. The van der Waals surface area contributed by atoms with Gasteiger partial charge >= 0.3 is 12.1 Å². The van der Waals surface area contributed by atoms with Crippen molar-refractivity contribution < 1.29 is 28.5 Å². The summed E-state index contributed by atoms with van der Waals surface area (Å²) in [5.74, 6) is 0.631. The van der Waals surface area contributed by atoms with Crippen LogP contribution in [-0.2, 0) is 18.9 Å². The molecule has 3 amide bonds. The molecule has 190 valence electrons. The fourth-order valence-corrected chi connectivity index (χ4v) is 6.74. The van der Waals surface area contributed by atoms with Crippen LogP contribution in [0.25, 0.3) is 0 Å². The Bertz CT molecular complexity index is 842. The first-order valence-electron chi connectivity index (χ1n) is 12.6. The highest BCUT2D eigenvalue weighted by atomic mass is 16.6. The van der Waals surface area contributed by atoms with Crippen molar-refractivity contribution in [1.82, 2.24) is 15.1 Å². The van der Waals surface area contributed by atoms with E-state index >= 15 is 0 Å². The minimum absolute atomic E-state index is 0.0196. The molecule has 5 rings (SSSR count). The molecule has 1 unspecified atom stereocenters. The molecule has 1 aliphatic carbocycles. The van der Waals surface area contributed by atoms with Crippen molar-refractivity contribution >= 4 is 12.1 Å². The van der Waals surface area contributed by atoms with Gasteiger partial charge in [0, 0.05) is 52.2 Å². The first-order chi connectivity index (χ1) is 16.2. The number of allylic oxidation sites excluding steroid dienone is 1. The van der Waals surface area contributed by atoms with Crippen LogP contribution in [0.15, 0.2) is 11.6 Å². The molecule has 0 aromatic heterocycles. The summed E-state index contributed by atoms with van der Waals surface area (Å²) in [7, 11) is 3.35. The molecule has 5 aliphatic rings. The third-order valence-corrected chi connectivity index (χ3v) is 8.73. The molecule has 1 spiro atoms. The molecule has 4 saturated heterocycles. The van der Waals surface area contributed by atoms with Crippen LogP contribution in [0.5, 0.6) is 0 Å². The third-order valence-electron chi connectivity index (χ3n) is 8.73. The number of carbonyl (C=O) groups is 2. The zero-order valence-corrected chi connectivity index (χ0v) is 21.0. The molecule has 0 aromatic rings. The van der Waals surface area contributed by atoms with Gasteiger partial charge in [-0.3, -0.25) is 0 Å². The topological polar surface area (TPSA) is 96.2 Å². The molecule has 0 aromatic carbocycles. The number of methoxy groups -OCH3 is 1. The summed E-state index contributed by atoms with van der Waals surface area (Å²) < 4.78 is 24.3. The van der Waals surface area contributed by atoms with Crippen molar-refractivity contribution in [1.29, 1.82) is 0 Å². The van der Waals surface area contributed by atoms with Gasteiger partial charge in [-0.05, 0) is 40.0 Å². The molecular formula is C25H39N3O6. The number of urea groups is 1. The molecule has 4 heterocycles. The van der Waals surface area contributed by atoms with Crippen LogP contribution in [0.1, 0.15) is 40.0 Å². The van der Waals surface area contributed by atoms with E-state index in [1.807, 2.05) is 9.80 Å². The molecule has 1 saturated carbocycles. The van der Waals surface area contributed by atoms with Crippen LogP contribution in [0, 0.1) is 17.8 Å². The summed E-state index contributed by atoms with van der Waals surface area (Å²) in [6.45, 7) is 9.69. The van der Waals surface area contributed by atoms with Crippen LogP contribution in [0.4, 0.5) is 9.59 Å². The average molecular weight is 478 g/mol. The van der Waals surface area contributed by atoms with Crippen molar-refractivity contribution in [3.8, 4) is 0 Å². The second-order valence-corrected chi connectivity index (χ2v) is 11.2. The van der Waals surface area contributed by atoms with Crippen molar-refractivity contribution in [2.75, 3.05) is 46.9 Å². The van der Waals surface area contributed by atoms with E-state index in [0.29, 0.717) is 44.6 Å². The zero-order chi connectivity index (χ0) is 24.3. The number of ether oxygens (including phenoxy) is 4. The van der Waals surface area contributed by atoms with Crippen molar-refractivity contribution in [3.63, 3.8) is 0 Å². The number of epoxide rings is 2. The summed E-state index contributed by atoms with van der Waals surface area (Å²) in [5.41, 5.74) is 0.705. The van der Waals surface area contributed by atoms with E-state index in [9.17, 15) is 9.59 Å². The highest BCUT2D eigenvalue weighted by Gasteiger charge is 2.72. The van der Waals surface area contributed by atoms with Gasteiger partial charge in [-0.1, -0.05) is 11.6 Å². The standard InChI is InChI=1S/C25H39N3O6/c1-15(2)6-7-19-24(3,34-19)21-20(31-5)18(8-9-25(21)14-32-25)33-23(30)28-12-16-10-27(22(29)26-4)11-17(16)13-28/h6,16-21H,7-14H2,1-5H3,(H,26,29)/t16-,17+,18-,19-,20-,21?,24+,25+/m1/s1. The van der Waals surface area contributed by atoms with E-state index in [1.165, 1.54) is 5.57 Å². The van der Waals surface area contributed by atoms with Crippen molar-refractivity contribution in [2.24, 2.45) is 17.8 Å². The van der Waals surface area contributed by atoms with Gasteiger partial charge in [0.15, 0.2) is 0 Å². The van der Waals surface area contributed by atoms with Gasteiger partial charge < -0.3 is 34.1 Å². The SMILES string of the molecule is CNC(=O)N1C[C@@H]2CN(C(=O)O[C@@H]3CC[C@]4(CO4)C([C@@]4(C)O[C@@H]4CC=C(C)C)[C@@H]3OC)C[C@@H]2C1. The van der Waals surface area contributed by atoms with E-state index < -0.39 is 0 Å². The number of rotatable bonds is 5. The van der Waals surface area contributed by atoms with Gasteiger partial charge in [-0.2, -0.15) is 0 Å². The Hall–Kier alpha value is -1.84. The molecule has 9 heteroatoms. The second-order valence-electron chi connectivity index (χ2n) is 11.2. The maximum Gasteiger partial charge on any atom is 0.410 e. The largest absolute Gasteiger partial charge is 0.443 e. The lowest BCUT2D eigenvalue weighted by Crippen LogP contribution is -2.56. The zero-order valence-electron chi connectivity index (χ0n) is 21.0. The summed E-state index contributed by atoms with van der Waals surface area (Å²) in [5, 5.41) is 2.69. The van der Waals surface area contributed by atoms with Gasteiger partial charge in [0.05, 0.1) is 18.6 Å². The van der Waals surface area contributed by atoms with Crippen molar-refractivity contribution in [3.05, 3.63) is 11.6 Å². The molecule has 8 atom stereocenters. The molecule has 0 bridgehead atoms. The van der Waals surface area contributed by atoms with Crippen molar-refractivity contribution in [2.45, 2.75) is 69.5 Å². The van der Waals surface area contributed by atoms with Crippen LogP contribution >= 0.6 is 0 Å². The predicted molar refractivity (Wildman–Crippen MR) is 124 cm³/mol. The highest BCUT2D eigenvalue weighted by Crippen LogP contribution is 2.59. The molecule has 1 N–H and O–H groups in total. The molecule has 9 nitrogen and oxygen atoms in total. The number of hydrogen-bond acceptors (Lipinski definition) is 6. The lowest BCUT2D eigenvalue weighted by Gasteiger charge is -2.43. The summed E-state index contributed by atoms with van der Waals surface area (Å²) in [6.07, 6.45) is 3.91. The van der Waals surface area contributed by atoms with E-state index in [0.717, 1.165) is 19.3 Å². The Labute approximate surface area is 202 Å².